The number of para-hydroxylation sites is 2. The number of aliphatic hydroxyl groups excluding tert-OH is 2. The molecule has 49 heavy (non-hydrogen) atoms. The topological polar surface area (TPSA) is 143 Å². The van der Waals surface area contributed by atoms with Crippen molar-refractivity contribution in [1.29, 1.82) is 0 Å². The molecule has 1 saturated heterocycles. The summed E-state index contributed by atoms with van der Waals surface area (Å²) < 4.78 is 12.8. The van der Waals surface area contributed by atoms with Gasteiger partial charge in [0, 0.05) is 42.9 Å². The highest BCUT2D eigenvalue weighted by Gasteiger charge is 2.32. The highest BCUT2D eigenvalue weighted by molar-refractivity contribution is 7.99. The molecule has 0 spiro atoms. The number of rotatable bonds is 16. The molecule has 6 N–H and O–H groups in total. The van der Waals surface area contributed by atoms with Crippen LogP contribution in [0, 0.1) is 0 Å². The van der Waals surface area contributed by atoms with Gasteiger partial charge in [0.05, 0.1) is 36.8 Å². The summed E-state index contributed by atoms with van der Waals surface area (Å²) in [6.45, 7) is 0.544. The summed E-state index contributed by atoms with van der Waals surface area (Å²) in [5, 5.41) is 24.5. The van der Waals surface area contributed by atoms with E-state index in [-0.39, 0.29) is 37.2 Å². The van der Waals surface area contributed by atoms with E-state index < -0.39 is 6.29 Å². The largest absolute Gasteiger partial charge is 0.397 e. The Kier molecular flexibility index (Phi) is 13.7. The smallest absolute Gasteiger partial charge is 0.224 e. The van der Waals surface area contributed by atoms with Crippen LogP contribution >= 0.6 is 11.8 Å². The maximum Gasteiger partial charge on any atom is 0.224 e. The molecule has 3 atom stereocenters. The number of unbranched alkanes of at least 4 members (excludes halogenated alkanes) is 1. The van der Waals surface area contributed by atoms with Crippen molar-refractivity contribution in [2.24, 2.45) is 0 Å². The van der Waals surface area contributed by atoms with Crippen molar-refractivity contribution in [3.8, 4) is 11.1 Å². The van der Waals surface area contributed by atoms with Crippen LogP contribution < -0.4 is 16.4 Å². The fraction of sp³-hybridized carbons (Fsp3) is 0.333. The summed E-state index contributed by atoms with van der Waals surface area (Å²) in [6.07, 6.45) is 1.87. The molecule has 1 aliphatic heterocycles. The Balaban J connectivity index is 1.12. The van der Waals surface area contributed by atoms with Gasteiger partial charge < -0.3 is 36.1 Å². The van der Waals surface area contributed by atoms with Gasteiger partial charge >= 0.3 is 0 Å². The fourth-order valence-corrected chi connectivity index (χ4v) is 6.45. The van der Waals surface area contributed by atoms with Crippen LogP contribution in [-0.4, -0.2) is 46.2 Å². The standard InChI is InChI=1S/C39H45N3O6S/c40-34-8-1-2-9-35(34)42-38(46)11-4-3-10-37(45)41-24-28-6-5-7-32(22-28)29-16-18-31(19-17-29)39-47-33(26-49-21-20-43)23-36(48-39)30-14-12-27(25-44)13-15-30/h1-2,5-9,12-19,22,33,36,39,43-44H,3-4,10-11,20-21,23-26,40H2,(H,41,45)(H,42,46)/t33-,36+,39+/m0/s1. The van der Waals surface area contributed by atoms with Crippen molar-refractivity contribution >= 4 is 35.0 Å². The van der Waals surface area contributed by atoms with Gasteiger partial charge in [-0.1, -0.05) is 78.9 Å². The average Bonchev–Trinajstić information content (AvgIpc) is 3.14. The molecule has 0 unspecified atom stereocenters. The molecule has 0 bridgehead atoms. The minimum absolute atomic E-state index is 0.00256. The predicted octanol–water partition coefficient (Wildman–Crippen LogP) is 6.51. The van der Waals surface area contributed by atoms with E-state index in [0.717, 1.165) is 39.1 Å². The summed E-state index contributed by atoms with van der Waals surface area (Å²) in [6, 6.07) is 31.2. The summed E-state index contributed by atoms with van der Waals surface area (Å²) in [7, 11) is 0. The van der Waals surface area contributed by atoms with Gasteiger partial charge in [0.1, 0.15) is 0 Å². The number of nitrogen functional groups attached to an aromatic ring is 1. The van der Waals surface area contributed by atoms with Crippen molar-refractivity contribution in [2.45, 2.75) is 63.8 Å². The van der Waals surface area contributed by atoms with E-state index in [1.54, 1.807) is 23.9 Å². The third-order valence-electron chi connectivity index (χ3n) is 8.38. The normalized spacial score (nSPS) is 17.4. The fourth-order valence-electron chi connectivity index (χ4n) is 5.68. The molecule has 258 valence electrons. The maximum absolute atomic E-state index is 12.5. The van der Waals surface area contributed by atoms with Gasteiger partial charge in [0.25, 0.3) is 0 Å². The van der Waals surface area contributed by atoms with Crippen molar-refractivity contribution < 1.29 is 29.3 Å². The first-order valence-electron chi connectivity index (χ1n) is 16.7. The van der Waals surface area contributed by atoms with Crippen LogP contribution in [0.2, 0.25) is 0 Å². The van der Waals surface area contributed by atoms with Gasteiger partial charge in [-0.2, -0.15) is 11.8 Å². The third-order valence-corrected chi connectivity index (χ3v) is 9.46. The molecule has 4 aromatic carbocycles. The summed E-state index contributed by atoms with van der Waals surface area (Å²) >= 11 is 1.67. The van der Waals surface area contributed by atoms with Gasteiger partial charge in [-0.25, -0.2) is 0 Å². The van der Waals surface area contributed by atoms with Gasteiger partial charge in [-0.3, -0.25) is 9.59 Å². The zero-order valence-corrected chi connectivity index (χ0v) is 28.4. The zero-order chi connectivity index (χ0) is 34.4. The van der Waals surface area contributed by atoms with Gasteiger partial charge in [-0.05, 0) is 58.9 Å². The van der Waals surface area contributed by atoms with Crippen molar-refractivity contribution in [2.75, 3.05) is 29.2 Å². The van der Waals surface area contributed by atoms with Gasteiger partial charge in [-0.15, -0.1) is 0 Å². The second-order valence-corrected chi connectivity index (χ2v) is 13.2. The lowest BCUT2D eigenvalue weighted by atomic mass is 9.99. The van der Waals surface area contributed by atoms with E-state index in [0.29, 0.717) is 55.8 Å². The summed E-state index contributed by atoms with van der Waals surface area (Å²) in [5.41, 5.74) is 12.9. The van der Waals surface area contributed by atoms with E-state index in [1.165, 1.54) is 0 Å². The number of nitrogens with two attached hydrogens (primary N) is 1. The Hall–Kier alpha value is -4.19. The van der Waals surface area contributed by atoms with Gasteiger partial charge in [0.2, 0.25) is 11.8 Å². The van der Waals surface area contributed by atoms with Crippen molar-refractivity contribution in [3.05, 3.63) is 119 Å². The summed E-state index contributed by atoms with van der Waals surface area (Å²) in [4.78, 5) is 24.7. The lowest BCUT2D eigenvalue weighted by Crippen LogP contribution is -2.31. The number of carbonyl (C=O) groups excluding carboxylic acids is 2. The van der Waals surface area contributed by atoms with E-state index in [1.807, 2.05) is 66.7 Å². The number of nitrogens with one attached hydrogen (secondary N) is 2. The third kappa shape index (κ3) is 10.9. The SMILES string of the molecule is Nc1ccccc1NC(=O)CCCCC(=O)NCc1cccc(-c2ccc([C@@H]3O[C@H](CSCCO)C[C@H](c4ccc(CO)cc4)O3)cc2)c1. The van der Waals surface area contributed by atoms with E-state index >= 15 is 0 Å². The number of aliphatic hydroxyl groups is 2. The van der Waals surface area contributed by atoms with Crippen LogP contribution in [0.3, 0.4) is 0 Å². The molecular weight excluding hydrogens is 639 g/mol. The molecule has 0 saturated carbocycles. The van der Waals surface area contributed by atoms with Crippen LogP contribution in [-0.2, 0) is 32.2 Å². The number of thioether (sulfide) groups is 1. The highest BCUT2D eigenvalue weighted by Crippen LogP contribution is 2.39. The lowest BCUT2D eigenvalue weighted by molar-refractivity contribution is -0.245. The quantitative estimate of drug-likeness (QED) is 0.0664. The van der Waals surface area contributed by atoms with E-state index in [2.05, 4.69) is 28.8 Å². The Morgan fingerprint density at radius 1 is 0.796 bits per heavy atom. The maximum atomic E-state index is 12.5. The minimum atomic E-state index is -0.538. The highest BCUT2D eigenvalue weighted by atomic mass is 32.2. The first-order valence-corrected chi connectivity index (χ1v) is 17.9. The van der Waals surface area contributed by atoms with Crippen LogP contribution in [0.1, 0.15) is 66.8 Å². The minimum Gasteiger partial charge on any atom is -0.397 e. The van der Waals surface area contributed by atoms with Crippen LogP contribution in [0.4, 0.5) is 11.4 Å². The van der Waals surface area contributed by atoms with Gasteiger partial charge in [0.15, 0.2) is 6.29 Å². The number of benzene rings is 4. The molecule has 0 radical (unpaired) electrons. The number of ether oxygens (including phenoxy) is 2. The first kappa shape index (κ1) is 36.1. The van der Waals surface area contributed by atoms with E-state index in [9.17, 15) is 19.8 Å². The molecule has 0 aromatic heterocycles. The molecule has 1 fully saturated rings. The zero-order valence-electron chi connectivity index (χ0n) is 27.6. The Labute approximate surface area is 292 Å². The molecular formula is C39H45N3O6S. The van der Waals surface area contributed by atoms with Crippen molar-refractivity contribution in [1.82, 2.24) is 5.32 Å². The average molecular weight is 684 g/mol. The predicted molar refractivity (Wildman–Crippen MR) is 195 cm³/mol. The molecule has 1 aliphatic rings. The Bertz CT molecular complexity index is 1650. The molecule has 4 aromatic rings. The Morgan fingerprint density at radius 3 is 2.27 bits per heavy atom. The van der Waals surface area contributed by atoms with Crippen LogP contribution in [0.5, 0.6) is 0 Å². The molecule has 10 heteroatoms. The molecule has 1 heterocycles. The number of hydrogen-bond donors (Lipinski definition) is 5. The monoisotopic (exact) mass is 683 g/mol. The second-order valence-electron chi connectivity index (χ2n) is 12.1. The number of hydrogen-bond acceptors (Lipinski definition) is 8. The molecule has 0 aliphatic carbocycles. The molecule has 5 rings (SSSR count). The molecule has 2 amide bonds. The molecule has 9 nitrogen and oxygen atoms in total. The Morgan fingerprint density at radius 2 is 1.53 bits per heavy atom. The van der Waals surface area contributed by atoms with Crippen LogP contribution in [0.25, 0.3) is 11.1 Å². The number of anilines is 2. The van der Waals surface area contributed by atoms with Crippen LogP contribution in [0.15, 0.2) is 97.1 Å². The lowest BCUT2D eigenvalue weighted by Gasteiger charge is -2.36. The number of carbonyl (C=O) groups is 2. The second kappa shape index (κ2) is 18.5. The van der Waals surface area contributed by atoms with Crippen molar-refractivity contribution in [3.63, 3.8) is 0 Å². The van der Waals surface area contributed by atoms with E-state index in [4.69, 9.17) is 15.2 Å². The number of amides is 2. The first-order chi connectivity index (χ1) is 23.9. The summed E-state index contributed by atoms with van der Waals surface area (Å²) in [5.74, 6) is 1.25.